The summed E-state index contributed by atoms with van der Waals surface area (Å²) in [5.41, 5.74) is -0.930. The summed E-state index contributed by atoms with van der Waals surface area (Å²) in [6, 6.07) is 5.27. The zero-order valence-corrected chi connectivity index (χ0v) is 20.9. The third kappa shape index (κ3) is 7.94. The number of nitrogens with one attached hydrogen (secondary N) is 2. The van der Waals surface area contributed by atoms with Crippen molar-refractivity contribution in [3.05, 3.63) is 42.1 Å². The van der Waals surface area contributed by atoms with Crippen molar-refractivity contribution >= 4 is 29.4 Å². The van der Waals surface area contributed by atoms with Crippen molar-refractivity contribution in [3.63, 3.8) is 0 Å². The van der Waals surface area contributed by atoms with E-state index in [-0.39, 0.29) is 23.6 Å². The summed E-state index contributed by atoms with van der Waals surface area (Å²) < 4.78 is 82.1. The Kier molecular flexibility index (Phi) is 8.11. The van der Waals surface area contributed by atoms with E-state index < -0.39 is 30.5 Å². The molecule has 1 aromatic carbocycles. The Labute approximate surface area is 219 Å². The lowest BCUT2D eigenvalue weighted by molar-refractivity contribution is -0.154. The quantitative estimate of drug-likeness (QED) is 0.385. The van der Waals surface area contributed by atoms with E-state index in [2.05, 4.69) is 45.2 Å². The molecule has 0 bridgehead atoms. The van der Waals surface area contributed by atoms with Gasteiger partial charge in [-0.05, 0) is 37.1 Å². The number of anilines is 5. The van der Waals surface area contributed by atoms with Gasteiger partial charge in [0.05, 0.1) is 5.56 Å². The Morgan fingerprint density at radius 2 is 1.69 bits per heavy atom. The van der Waals surface area contributed by atoms with Crippen LogP contribution in [0, 0.1) is 0 Å². The van der Waals surface area contributed by atoms with Gasteiger partial charge in [-0.15, -0.1) is 0 Å². The van der Waals surface area contributed by atoms with Gasteiger partial charge in [-0.2, -0.15) is 46.3 Å². The molecule has 1 saturated heterocycles. The maximum Gasteiger partial charge on any atom is 0.422 e. The van der Waals surface area contributed by atoms with E-state index in [0.29, 0.717) is 31.9 Å². The third-order valence-corrected chi connectivity index (χ3v) is 5.61. The SMILES string of the molecule is CN(C)c1nccc(N2CCC(Nc3nc(Nc4cccc(C(F)(F)F)c4)nc(OCC(F)(F)F)n3)CC2)n1. The van der Waals surface area contributed by atoms with Crippen LogP contribution in [-0.4, -0.2) is 70.9 Å². The normalized spacial score (nSPS) is 14.7. The Morgan fingerprint density at radius 1 is 0.974 bits per heavy atom. The van der Waals surface area contributed by atoms with Gasteiger partial charge >= 0.3 is 18.4 Å². The highest BCUT2D eigenvalue weighted by molar-refractivity contribution is 5.56. The largest absolute Gasteiger partial charge is 0.454 e. The molecule has 1 aliphatic heterocycles. The first-order valence-corrected chi connectivity index (χ1v) is 11.8. The molecule has 2 N–H and O–H groups in total. The van der Waals surface area contributed by atoms with Crippen LogP contribution < -0.4 is 25.2 Å². The number of aromatic nitrogens is 5. The van der Waals surface area contributed by atoms with Crippen molar-refractivity contribution in [2.24, 2.45) is 0 Å². The zero-order chi connectivity index (χ0) is 28.2. The lowest BCUT2D eigenvalue weighted by Gasteiger charge is -2.33. The Balaban J connectivity index is 1.48. The Morgan fingerprint density at radius 3 is 2.36 bits per heavy atom. The van der Waals surface area contributed by atoms with Crippen LogP contribution in [0.1, 0.15) is 18.4 Å². The summed E-state index contributed by atoms with van der Waals surface area (Å²) >= 11 is 0. The number of hydrogen-bond donors (Lipinski definition) is 2. The number of hydrogen-bond acceptors (Lipinski definition) is 10. The maximum absolute atomic E-state index is 13.1. The van der Waals surface area contributed by atoms with Crippen molar-refractivity contribution in [1.29, 1.82) is 0 Å². The van der Waals surface area contributed by atoms with Gasteiger partial charge in [0.1, 0.15) is 5.82 Å². The average Bonchev–Trinajstić information content (AvgIpc) is 2.87. The molecule has 210 valence electrons. The van der Waals surface area contributed by atoms with Gasteiger partial charge < -0.3 is 25.2 Å². The van der Waals surface area contributed by atoms with E-state index in [1.165, 1.54) is 12.1 Å². The van der Waals surface area contributed by atoms with E-state index in [0.717, 1.165) is 18.0 Å². The van der Waals surface area contributed by atoms with Crippen LogP contribution in [0.2, 0.25) is 0 Å². The van der Waals surface area contributed by atoms with Crippen LogP contribution in [0.3, 0.4) is 0 Å². The van der Waals surface area contributed by atoms with Crippen molar-refractivity contribution in [2.45, 2.75) is 31.2 Å². The molecule has 0 amide bonds. The predicted octanol–water partition coefficient (Wildman–Crippen LogP) is 4.51. The molecule has 0 saturated carbocycles. The second kappa shape index (κ2) is 11.3. The van der Waals surface area contributed by atoms with Gasteiger partial charge in [0.2, 0.25) is 17.8 Å². The van der Waals surface area contributed by atoms with Crippen LogP contribution >= 0.6 is 0 Å². The number of rotatable bonds is 8. The monoisotopic (exact) mass is 557 g/mol. The third-order valence-electron chi connectivity index (χ3n) is 5.61. The number of halogens is 6. The fourth-order valence-electron chi connectivity index (χ4n) is 3.76. The average molecular weight is 558 g/mol. The molecule has 1 aliphatic rings. The summed E-state index contributed by atoms with van der Waals surface area (Å²) in [5.74, 6) is 0.985. The first-order valence-electron chi connectivity index (χ1n) is 11.8. The van der Waals surface area contributed by atoms with Crippen LogP contribution in [0.5, 0.6) is 6.01 Å². The molecule has 3 heterocycles. The molecule has 2 aromatic heterocycles. The van der Waals surface area contributed by atoms with Crippen LogP contribution in [0.4, 0.5) is 55.7 Å². The molecule has 0 aliphatic carbocycles. The standard InChI is InChI=1S/C23H25F6N9O/c1-37(2)20-30-9-6-17(33-20)38-10-7-15(8-11-38)31-18-34-19(36-21(35-18)39-13-22(24,25)26)32-16-5-3-4-14(12-16)23(27,28)29/h3-6,9,12,15H,7-8,10-11,13H2,1-2H3,(H2,31,32,34,35,36). The Bertz CT molecular complexity index is 1260. The molecule has 0 spiro atoms. The molecular weight excluding hydrogens is 532 g/mol. The highest BCUT2D eigenvalue weighted by Crippen LogP contribution is 2.31. The molecule has 0 atom stereocenters. The molecule has 1 fully saturated rings. The minimum absolute atomic E-state index is 0.0148. The number of benzene rings is 1. The van der Waals surface area contributed by atoms with Gasteiger partial charge in [-0.25, -0.2) is 4.98 Å². The maximum atomic E-state index is 13.1. The van der Waals surface area contributed by atoms with E-state index in [4.69, 9.17) is 0 Å². The molecule has 0 radical (unpaired) electrons. The smallest absolute Gasteiger partial charge is 0.422 e. The molecule has 39 heavy (non-hydrogen) atoms. The second-order valence-electron chi connectivity index (χ2n) is 8.89. The summed E-state index contributed by atoms with van der Waals surface area (Å²) in [6.07, 6.45) is -6.30. The van der Waals surface area contributed by atoms with E-state index in [9.17, 15) is 26.3 Å². The van der Waals surface area contributed by atoms with Crippen molar-refractivity contribution in [3.8, 4) is 6.01 Å². The first kappa shape index (κ1) is 27.9. The lowest BCUT2D eigenvalue weighted by Crippen LogP contribution is -2.40. The number of piperidine rings is 1. The van der Waals surface area contributed by atoms with Crippen molar-refractivity contribution in [1.82, 2.24) is 24.9 Å². The summed E-state index contributed by atoms with van der Waals surface area (Å²) in [5, 5.41) is 5.66. The fraction of sp³-hybridized carbons (Fsp3) is 0.435. The molecular formula is C23H25F6N9O. The number of nitrogens with zero attached hydrogens (tertiary/aromatic N) is 7. The lowest BCUT2D eigenvalue weighted by atomic mass is 10.1. The van der Waals surface area contributed by atoms with E-state index >= 15 is 0 Å². The molecule has 0 unspecified atom stereocenters. The van der Waals surface area contributed by atoms with Gasteiger partial charge in [0.25, 0.3) is 0 Å². The van der Waals surface area contributed by atoms with Crippen molar-refractivity contribution in [2.75, 3.05) is 54.2 Å². The first-order chi connectivity index (χ1) is 18.4. The molecule has 16 heteroatoms. The van der Waals surface area contributed by atoms with E-state index in [1.54, 1.807) is 11.1 Å². The molecule has 4 rings (SSSR count). The van der Waals surface area contributed by atoms with Gasteiger partial charge in [0, 0.05) is 45.1 Å². The second-order valence-corrected chi connectivity index (χ2v) is 8.89. The predicted molar refractivity (Wildman–Crippen MR) is 131 cm³/mol. The molecule has 10 nitrogen and oxygen atoms in total. The van der Waals surface area contributed by atoms with Gasteiger partial charge in [0.15, 0.2) is 6.61 Å². The Hall–Kier alpha value is -4.11. The van der Waals surface area contributed by atoms with Crippen molar-refractivity contribution < 1.29 is 31.1 Å². The minimum atomic E-state index is -4.64. The summed E-state index contributed by atoms with van der Waals surface area (Å²) in [4.78, 5) is 24.5. The van der Waals surface area contributed by atoms with Crippen LogP contribution in [0.25, 0.3) is 0 Å². The van der Waals surface area contributed by atoms with Gasteiger partial charge in [-0.1, -0.05) is 6.07 Å². The molecule has 3 aromatic rings. The van der Waals surface area contributed by atoms with E-state index in [1.807, 2.05) is 20.2 Å². The minimum Gasteiger partial charge on any atom is -0.454 e. The van der Waals surface area contributed by atoms with Gasteiger partial charge in [-0.3, -0.25) is 0 Å². The number of ether oxygens (including phenoxy) is 1. The highest BCUT2D eigenvalue weighted by Gasteiger charge is 2.31. The van der Waals surface area contributed by atoms with Crippen LogP contribution in [0.15, 0.2) is 36.5 Å². The zero-order valence-electron chi connectivity index (χ0n) is 20.9. The topological polar surface area (TPSA) is 104 Å². The number of alkyl halides is 6. The summed E-state index contributed by atoms with van der Waals surface area (Å²) in [7, 11) is 3.68. The highest BCUT2D eigenvalue weighted by atomic mass is 19.4. The fourth-order valence-corrected chi connectivity index (χ4v) is 3.76. The van der Waals surface area contributed by atoms with Crippen LogP contribution in [-0.2, 0) is 6.18 Å². The summed E-state index contributed by atoms with van der Waals surface area (Å²) in [6.45, 7) is -0.398.